The predicted molar refractivity (Wildman–Crippen MR) is 109 cm³/mol. The smallest absolute Gasteiger partial charge is 0.171 e. The van der Waals surface area contributed by atoms with Crippen LogP contribution in [0, 0.1) is 5.82 Å². The fourth-order valence-corrected chi connectivity index (χ4v) is 3.73. The number of Topliss-reactive ketones (excluding diaryl/α,β-unsaturated/α-hetero) is 1. The third kappa shape index (κ3) is 4.76. The van der Waals surface area contributed by atoms with Gasteiger partial charge in [0.1, 0.15) is 11.6 Å². The number of nitrogens with one attached hydrogen (secondary N) is 2. The van der Waals surface area contributed by atoms with E-state index in [2.05, 4.69) is 10.6 Å². The quantitative estimate of drug-likeness (QED) is 0.722. The molecule has 3 rings (SSSR count). The second kappa shape index (κ2) is 8.67. The maximum absolute atomic E-state index is 13.0. The number of carbonyl (C=O) groups excluding carboxylic acids is 1. The average molecular weight is 407 g/mol. The van der Waals surface area contributed by atoms with Gasteiger partial charge in [-0.25, -0.2) is 4.39 Å². The Balaban J connectivity index is 1.67. The molecular formula is C20H20ClFN2O2S. The topological polar surface area (TPSA) is 50.4 Å². The first kappa shape index (κ1) is 19.6. The lowest BCUT2D eigenvalue weighted by atomic mass is 9.80. The highest BCUT2D eigenvalue weighted by Gasteiger charge is 2.33. The van der Waals surface area contributed by atoms with Crippen LogP contribution < -0.4 is 15.4 Å². The molecule has 0 heterocycles. The molecule has 2 unspecified atom stereocenters. The van der Waals surface area contributed by atoms with Gasteiger partial charge < -0.3 is 15.4 Å². The van der Waals surface area contributed by atoms with Crippen molar-refractivity contribution in [2.75, 3.05) is 12.4 Å². The number of halogens is 2. The van der Waals surface area contributed by atoms with Crippen molar-refractivity contribution in [2.45, 2.75) is 31.2 Å². The number of methoxy groups -OCH3 is 1. The zero-order chi connectivity index (χ0) is 19.4. The van der Waals surface area contributed by atoms with Crippen molar-refractivity contribution >= 4 is 40.4 Å². The van der Waals surface area contributed by atoms with Crippen LogP contribution >= 0.6 is 23.8 Å². The van der Waals surface area contributed by atoms with Crippen molar-refractivity contribution in [3.05, 3.63) is 58.9 Å². The van der Waals surface area contributed by atoms with E-state index in [0.29, 0.717) is 28.0 Å². The summed E-state index contributed by atoms with van der Waals surface area (Å²) in [5.41, 5.74) is 1.56. The van der Waals surface area contributed by atoms with Crippen molar-refractivity contribution in [3.63, 3.8) is 0 Å². The molecule has 1 saturated carbocycles. The minimum atomic E-state index is -0.370. The van der Waals surface area contributed by atoms with Gasteiger partial charge in [0.25, 0.3) is 0 Å². The Hall–Kier alpha value is -2.18. The van der Waals surface area contributed by atoms with Crippen molar-refractivity contribution < 1.29 is 13.9 Å². The molecule has 142 valence electrons. The lowest BCUT2D eigenvalue weighted by Gasteiger charge is -2.29. The van der Waals surface area contributed by atoms with E-state index in [1.807, 2.05) is 12.1 Å². The van der Waals surface area contributed by atoms with E-state index in [4.69, 9.17) is 28.6 Å². The SMILES string of the molecule is COc1cc(C2CCCC(NC(=S)Nc3ccc(F)cc3)C2=O)ccc1Cl. The molecule has 0 saturated heterocycles. The minimum Gasteiger partial charge on any atom is -0.495 e. The first-order valence-corrected chi connectivity index (χ1v) is 9.47. The third-order valence-corrected chi connectivity index (χ3v) is 5.19. The summed E-state index contributed by atoms with van der Waals surface area (Å²) < 4.78 is 18.3. The van der Waals surface area contributed by atoms with Crippen molar-refractivity contribution in [2.24, 2.45) is 0 Å². The Kier molecular flexibility index (Phi) is 6.29. The number of rotatable bonds is 4. The van der Waals surface area contributed by atoms with Gasteiger partial charge in [-0.1, -0.05) is 17.7 Å². The van der Waals surface area contributed by atoms with Gasteiger partial charge in [0.05, 0.1) is 18.2 Å². The molecule has 0 spiro atoms. The fraction of sp³-hybridized carbons (Fsp3) is 0.300. The highest BCUT2D eigenvalue weighted by Crippen LogP contribution is 2.34. The Morgan fingerprint density at radius 1 is 1.22 bits per heavy atom. The Morgan fingerprint density at radius 2 is 1.96 bits per heavy atom. The summed E-state index contributed by atoms with van der Waals surface area (Å²) in [6.45, 7) is 0. The highest BCUT2D eigenvalue weighted by atomic mass is 35.5. The number of benzene rings is 2. The van der Waals surface area contributed by atoms with E-state index in [9.17, 15) is 9.18 Å². The van der Waals surface area contributed by atoms with Gasteiger partial charge in [-0.2, -0.15) is 0 Å². The van der Waals surface area contributed by atoms with Gasteiger partial charge in [-0.05, 0) is 73.4 Å². The standard InChI is InChI=1S/C20H20ClFN2O2S/c1-26-18-11-12(5-10-16(18)21)15-3-2-4-17(19(15)25)24-20(27)23-14-8-6-13(22)7-9-14/h5-11,15,17H,2-4H2,1H3,(H2,23,24,27). The van der Waals surface area contributed by atoms with Gasteiger partial charge >= 0.3 is 0 Å². The maximum atomic E-state index is 13.0. The van der Waals surface area contributed by atoms with Crippen LogP contribution in [0.2, 0.25) is 5.02 Å². The Bertz CT molecular complexity index is 844. The Morgan fingerprint density at radius 3 is 2.67 bits per heavy atom. The van der Waals surface area contributed by atoms with E-state index in [1.165, 1.54) is 12.1 Å². The monoisotopic (exact) mass is 406 g/mol. The number of carbonyl (C=O) groups is 1. The second-order valence-corrected chi connectivity index (χ2v) is 7.25. The molecule has 2 aromatic carbocycles. The molecule has 2 atom stereocenters. The van der Waals surface area contributed by atoms with Gasteiger partial charge in [0.2, 0.25) is 0 Å². The third-order valence-electron chi connectivity index (χ3n) is 4.66. The molecular weight excluding hydrogens is 387 g/mol. The zero-order valence-electron chi connectivity index (χ0n) is 14.8. The molecule has 0 radical (unpaired) electrons. The Labute approximate surface area is 168 Å². The lowest BCUT2D eigenvalue weighted by Crippen LogP contribution is -2.46. The van der Waals surface area contributed by atoms with Crippen LogP contribution in [-0.2, 0) is 4.79 Å². The van der Waals surface area contributed by atoms with Crippen LogP contribution in [0.3, 0.4) is 0 Å². The summed E-state index contributed by atoms with van der Waals surface area (Å²) in [5, 5.41) is 6.93. The number of hydrogen-bond acceptors (Lipinski definition) is 3. The zero-order valence-corrected chi connectivity index (χ0v) is 16.4. The van der Waals surface area contributed by atoms with E-state index in [1.54, 1.807) is 25.3 Å². The van der Waals surface area contributed by atoms with Gasteiger partial charge in [-0.15, -0.1) is 0 Å². The molecule has 0 amide bonds. The number of ketones is 1. The molecule has 0 aliphatic heterocycles. The summed E-state index contributed by atoms with van der Waals surface area (Å²) in [5.74, 6) is 0.110. The summed E-state index contributed by atoms with van der Waals surface area (Å²) in [6.07, 6.45) is 2.39. The van der Waals surface area contributed by atoms with E-state index >= 15 is 0 Å². The first-order valence-electron chi connectivity index (χ1n) is 8.68. The number of hydrogen-bond donors (Lipinski definition) is 2. The molecule has 4 nitrogen and oxygen atoms in total. The van der Waals surface area contributed by atoms with Gasteiger partial charge in [0, 0.05) is 11.6 Å². The molecule has 7 heteroatoms. The van der Waals surface area contributed by atoms with E-state index in [-0.39, 0.29) is 23.6 Å². The lowest BCUT2D eigenvalue weighted by molar-refractivity contribution is -0.123. The highest BCUT2D eigenvalue weighted by molar-refractivity contribution is 7.80. The van der Waals surface area contributed by atoms with Crippen LogP contribution in [0.5, 0.6) is 5.75 Å². The largest absolute Gasteiger partial charge is 0.495 e. The molecule has 1 fully saturated rings. The second-order valence-electron chi connectivity index (χ2n) is 6.44. The van der Waals surface area contributed by atoms with Crippen LogP contribution in [0.25, 0.3) is 0 Å². The molecule has 2 N–H and O–H groups in total. The number of ether oxygens (including phenoxy) is 1. The molecule has 0 bridgehead atoms. The normalized spacial score (nSPS) is 19.4. The first-order chi connectivity index (χ1) is 13.0. The van der Waals surface area contributed by atoms with E-state index in [0.717, 1.165) is 18.4 Å². The maximum Gasteiger partial charge on any atom is 0.171 e. The fourth-order valence-electron chi connectivity index (χ4n) is 3.28. The number of anilines is 1. The van der Waals surface area contributed by atoms with Gasteiger partial charge in [0.15, 0.2) is 10.9 Å². The number of thiocarbonyl (C=S) groups is 1. The van der Waals surface area contributed by atoms with Crippen molar-refractivity contribution in [1.29, 1.82) is 0 Å². The summed E-state index contributed by atoms with van der Waals surface area (Å²) in [4.78, 5) is 13.0. The van der Waals surface area contributed by atoms with Crippen LogP contribution in [-0.4, -0.2) is 24.0 Å². The van der Waals surface area contributed by atoms with Crippen LogP contribution in [0.4, 0.5) is 10.1 Å². The summed E-state index contributed by atoms with van der Waals surface area (Å²) >= 11 is 11.4. The van der Waals surface area contributed by atoms with E-state index < -0.39 is 0 Å². The molecule has 1 aliphatic carbocycles. The molecule has 1 aliphatic rings. The van der Waals surface area contributed by atoms with Crippen LogP contribution in [0.15, 0.2) is 42.5 Å². The average Bonchev–Trinajstić information content (AvgIpc) is 2.66. The molecule has 27 heavy (non-hydrogen) atoms. The predicted octanol–water partition coefficient (Wildman–Crippen LogP) is 4.68. The van der Waals surface area contributed by atoms with Gasteiger partial charge in [-0.3, -0.25) is 4.79 Å². The van der Waals surface area contributed by atoms with Crippen molar-refractivity contribution in [1.82, 2.24) is 5.32 Å². The molecule has 0 aromatic heterocycles. The summed E-state index contributed by atoms with van der Waals surface area (Å²) in [6, 6.07) is 10.9. The van der Waals surface area contributed by atoms with Crippen molar-refractivity contribution in [3.8, 4) is 5.75 Å². The summed E-state index contributed by atoms with van der Waals surface area (Å²) in [7, 11) is 1.55. The molecule has 2 aromatic rings. The van der Waals surface area contributed by atoms with Crippen LogP contribution in [0.1, 0.15) is 30.7 Å². The minimum absolute atomic E-state index is 0.0916.